The Morgan fingerprint density at radius 3 is 2.47 bits per heavy atom. The van der Waals surface area contributed by atoms with Crippen molar-refractivity contribution in [2.75, 3.05) is 0 Å². The number of rotatable bonds is 5. The summed E-state index contributed by atoms with van der Waals surface area (Å²) in [5.41, 5.74) is 0.780. The van der Waals surface area contributed by atoms with Crippen LogP contribution in [0.1, 0.15) is 17.3 Å². The van der Waals surface area contributed by atoms with E-state index in [1.165, 1.54) is 43.1 Å². The van der Waals surface area contributed by atoms with E-state index in [9.17, 15) is 13.2 Å². The first kappa shape index (κ1) is 20.8. The third-order valence-corrected chi connectivity index (χ3v) is 8.45. The molecule has 4 aromatic rings. The zero-order valence-corrected chi connectivity index (χ0v) is 18.9. The van der Waals surface area contributed by atoms with Crippen LogP contribution >= 0.6 is 27.7 Å². The van der Waals surface area contributed by atoms with E-state index in [2.05, 4.69) is 15.9 Å². The van der Waals surface area contributed by atoms with Crippen molar-refractivity contribution in [2.45, 2.75) is 21.6 Å². The molecule has 1 aromatic heterocycles. The molecule has 0 fully saturated rings. The van der Waals surface area contributed by atoms with Crippen LogP contribution in [0, 0.1) is 5.82 Å². The summed E-state index contributed by atoms with van der Waals surface area (Å²) in [5.74, 6) is -0.633. The number of benzene rings is 3. The summed E-state index contributed by atoms with van der Waals surface area (Å²) in [6, 6.07) is 17.8. The third-order valence-electron chi connectivity index (χ3n) is 4.57. The van der Waals surface area contributed by atoms with Gasteiger partial charge >= 0.3 is 0 Å². The minimum Gasteiger partial charge on any atom is -0.295 e. The molecular formula is C22H15BrFNO3S2. The van der Waals surface area contributed by atoms with Gasteiger partial charge in [0.05, 0.1) is 15.3 Å². The number of ketones is 1. The zero-order valence-electron chi connectivity index (χ0n) is 15.7. The lowest BCUT2D eigenvalue weighted by molar-refractivity contribution is 0.101. The van der Waals surface area contributed by atoms with Crippen molar-refractivity contribution < 1.29 is 17.6 Å². The number of hydrogen-bond donors (Lipinski definition) is 0. The number of carbonyl (C=O) groups is 1. The minimum absolute atomic E-state index is 0.0735. The molecule has 4 rings (SSSR count). The Morgan fingerprint density at radius 1 is 1.03 bits per heavy atom. The number of aromatic nitrogens is 1. The van der Waals surface area contributed by atoms with Gasteiger partial charge in [-0.1, -0.05) is 42.1 Å². The van der Waals surface area contributed by atoms with Gasteiger partial charge in [0.15, 0.2) is 5.78 Å². The van der Waals surface area contributed by atoms with Crippen molar-refractivity contribution in [1.82, 2.24) is 3.97 Å². The Labute approximate surface area is 185 Å². The lowest BCUT2D eigenvalue weighted by Gasteiger charge is -2.11. The number of hydrogen-bond acceptors (Lipinski definition) is 4. The highest BCUT2D eigenvalue weighted by molar-refractivity contribution is 9.10. The molecule has 0 bridgehead atoms. The summed E-state index contributed by atoms with van der Waals surface area (Å²) in [4.78, 5) is 12.8. The molecule has 0 aliphatic rings. The molecule has 0 N–H and O–H groups in total. The predicted octanol–water partition coefficient (Wildman–Crippen LogP) is 6.13. The predicted molar refractivity (Wildman–Crippen MR) is 119 cm³/mol. The fourth-order valence-corrected chi connectivity index (χ4v) is 6.12. The van der Waals surface area contributed by atoms with Gasteiger partial charge in [-0.15, -0.1) is 0 Å². The summed E-state index contributed by atoms with van der Waals surface area (Å²) >= 11 is 4.61. The van der Waals surface area contributed by atoms with E-state index in [-0.39, 0.29) is 16.2 Å². The molecule has 0 radical (unpaired) electrons. The summed E-state index contributed by atoms with van der Waals surface area (Å²) in [7, 11) is -3.86. The van der Waals surface area contributed by atoms with Crippen LogP contribution in [0.5, 0.6) is 0 Å². The van der Waals surface area contributed by atoms with Crippen LogP contribution in [0.4, 0.5) is 4.39 Å². The number of halogens is 2. The van der Waals surface area contributed by atoms with Crippen LogP contribution < -0.4 is 0 Å². The Morgan fingerprint density at radius 2 is 1.77 bits per heavy atom. The highest BCUT2D eigenvalue weighted by atomic mass is 79.9. The van der Waals surface area contributed by atoms with Crippen LogP contribution in [0.3, 0.4) is 0 Å². The minimum atomic E-state index is -3.86. The zero-order chi connectivity index (χ0) is 21.5. The molecule has 0 unspecified atom stereocenters. The van der Waals surface area contributed by atoms with Crippen molar-refractivity contribution >= 4 is 54.4 Å². The summed E-state index contributed by atoms with van der Waals surface area (Å²) in [5, 5.41) is 0.570. The largest absolute Gasteiger partial charge is 0.295 e. The first-order chi connectivity index (χ1) is 14.3. The van der Waals surface area contributed by atoms with E-state index in [1.807, 2.05) is 0 Å². The Hall–Kier alpha value is -2.42. The van der Waals surface area contributed by atoms with Crippen LogP contribution in [0.15, 0.2) is 92.1 Å². The molecule has 0 aliphatic carbocycles. The highest BCUT2D eigenvalue weighted by Gasteiger charge is 2.22. The van der Waals surface area contributed by atoms with Gasteiger partial charge < -0.3 is 0 Å². The second kappa shape index (κ2) is 8.02. The third kappa shape index (κ3) is 3.71. The van der Waals surface area contributed by atoms with Gasteiger partial charge in [-0.25, -0.2) is 16.8 Å². The van der Waals surface area contributed by atoms with Crippen molar-refractivity contribution in [3.05, 3.63) is 88.8 Å². The first-order valence-corrected chi connectivity index (χ1v) is 11.9. The maximum absolute atomic E-state index is 15.0. The van der Waals surface area contributed by atoms with E-state index in [0.717, 1.165) is 3.97 Å². The van der Waals surface area contributed by atoms with Gasteiger partial charge in [0, 0.05) is 32.6 Å². The molecule has 30 heavy (non-hydrogen) atoms. The van der Waals surface area contributed by atoms with E-state index in [4.69, 9.17) is 0 Å². The molecule has 8 heteroatoms. The fraction of sp³-hybridized carbons (Fsp3) is 0.0455. The van der Waals surface area contributed by atoms with E-state index >= 15 is 4.39 Å². The monoisotopic (exact) mass is 503 g/mol. The number of Topliss-reactive ketones (excluding diaryl/α,β-unsaturated/α-hetero) is 1. The maximum atomic E-state index is 15.0. The van der Waals surface area contributed by atoms with Gasteiger partial charge in [0.1, 0.15) is 5.82 Å². The highest BCUT2D eigenvalue weighted by Crippen LogP contribution is 2.41. The van der Waals surface area contributed by atoms with E-state index < -0.39 is 15.8 Å². The van der Waals surface area contributed by atoms with Crippen LogP contribution in [0.2, 0.25) is 0 Å². The van der Waals surface area contributed by atoms with Gasteiger partial charge in [0.25, 0.3) is 10.0 Å². The van der Waals surface area contributed by atoms with Crippen LogP contribution in [0.25, 0.3) is 10.9 Å². The van der Waals surface area contributed by atoms with Gasteiger partial charge in [-0.05, 0) is 53.2 Å². The van der Waals surface area contributed by atoms with Crippen LogP contribution in [-0.2, 0) is 10.0 Å². The first-order valence-electron chi connectivity index (χ1n) is 8.87. The SMILES string of the molecule is CC(=O)c1cccc(Sc2c(F)cc3c(ccn3S(=O)(=O)c3ccccc3)c2Br)c1. The van der Waals surface area contributed by atoms with Gasteiger partial charge in [-0.3, -0.25) is 4.79 Å². The quantitative estimate of drug-likeness (QED) is 0.307. The molecule has 0 saturated carbocycles. The molecule has 0 saturated heterocycles. The lowest BCUT2D eigenvalue weighted by Crippen LogP contribution is -2.11. The molecule has 0 atom stereocenters. The average Bonchev–Trinajstić information content (AvgIpc) is 3.16. The summed E-state index contributed by atoms with van der Waals surface area (Å²) in [6.07, 6.45) is 1.42. The topological polar surface area (TPSA) is 56.1 Å². The molecule has 4 nitrogen and oxygen atoms in total. The summed E-state index contributed by atoms with van der Waals surface area (Å²) < 4.78 is 42.6. The van der Waals surface area contributed by atoms with Crippen LogP contribution in [-0.4, -0.2) is 18.2 Å². The molecule has 0 aliphatic heterocycles. The second-order valence-corrected chi connectivity index (χ2v) is 10.2. The Balaban J connectivity index is 1.81. The molecule has 1 heterocycles. The van der Waals surface area contributed by atoms with Gasteiger partial charge in [-0.2, -0.15) is 0 Å². The van der Waals surface area contributed by atoms with Crippen molar-refractivity contribution in [3.63, 3.8) is 0 Å². The van der Waals surface area contributed by atoms with E-state index in [0.29, 0.717) is 25.2 Å². The second-order valence-electron chi connectivity index (χ2n) is 6.55. The number of fused-ring (bicyclic) bond motifs is 1. The van der Waals surface area contributed by atoms with E-state index in [1.54, 1.807) is 48.5 Å². The number of nitrogens with zero attached hydrogens (tertiary/aromatic N) is 1. The fourth-order valence-electron chi connectivity index (χ4n) is 3.07. The van der Waals surface area contributed by atoms with Crippen molar-refractivity contribution in [2.24, 2.45) is 0 Å². The standard InChI is InChI=1S/C22H15BrFNO3S2/c1-14(26)15-6-5-7-16(12-15)29-22-19(24)13-20-18(21(22)23)10-11-25(20)30(27,28)17-8-3-2-4-9-17/h2-13H,1H3. The van der Waals surface area contributed by atoms with Crippen molar-refractivity contribution in [3.8, 4) is 0 Å². The van der Waals surface area contributed by atoms with Gasteiger partial charge in [0.2, 0.25) is 0 Å². The lowest BCUT2D eigenvalue weighted by atomic mass is 10.2. The van der Waals surface area contributed by atoms with Crippen molar-refractivity contribution in [1.29, 1.82) is 0 Å². The maximum Gasteiger partial charge on any atom is 0.268 e. The molecule has 3 aromatic carbocycles. The molecular weight excluding hydrogens is 489 g/mol. The average molecular weight is 504 g/mol. The smallest absolute Gasteiger partial charge is 0.268 e. The Bertz CT molecular complexity index is 1380. The summed E-state index contributed by atoms with van der Waals surface area (Å²) in [6.45, 7) is 1.47. The normalized spacial score (nSPS) is 11.7. The molecule has 0 spiro atoms. The number of carbonyl (C=O) groups excluding carboxylic acids is 1. The Kier molecular flexibility index (Phi) is 5.57. The molecule has 0 amide bonds. The molecule has 152 valence electrons.